The summed E-state index contributed by atoms with van der Waals surface area (Å²) in [4.78, 5) is 14.1. The molecule has 2 N–H and O–H groups in total. The summed E-state index contributed by atoms with van der Waals surface area (Å²) in [7, 11) is 1.51. The molecule has 2 saturated heterocycles. The van der Waals surface area contributed by atoms with Crippen molar-refractivity contribution in [3.05, 3.63) is 53.8 Å². The summed E-state index contributed by atoms with van der Waals surface area (Å²) in [5, 5.41) is 33.7. The van der Waals surface area contributed by atoms with Gasteiger partial charge in [-0.15, -0.1) is 5.10 Å². The van der Waals surface area contributed by atoms with Gasteiger partial charge in [-0.1, -0.05) is 22.5 Å². The number of likely N-dealkylation sites (tertiary alicyclic amines) is 1. The quantitative estimate of drug-likeness (QED) is 0.423. The molecule has 2 fully saturated rings. The largest absolute Gasteiger partial charge is 0.444 e. The van der Waals surface area contributed by atoms with Crippen molar-refractivity contribution >= 4 is 6.09 Å². The van der Waals surface area contributed by atoms with Crippen LogP contribution in [0.15, 0.2) is 41.1 Å². The monoisotopic (exact) mass is 587 g/mol. The number of benzene rings is 1. The van der Waals surface area contributed by atoms with Crippen LogP contribution < -0.4 is 0 Å². The summed E-state index contributed by atoms with van der Waals surface area (Å²) < 4.78 is 38.3. The fourth-order valence-electron chi connectivity index (χ4n) is 5.63. The first-order valence-corrected chi connectivity index (χ1v) is 14.1. The Morgan fingerprint density at radius 3 is 2.62 bits per heavy atom. The molecule has 4 heterocycles. The Kier molecular flexibility index (Phi) is 8.92. The number of aromatic nitrogens is 4. The summed E-state index contributed by atoms with van der Waals surface area (Å²) >= 11 is 0. The van der Waals surface area contributed by atoms with Crippen LogP contribution in [0.2, 0.25) is 0 Å². The van der Waals surface area contributed by atoms with Crippen molar-refractivity contribution in [2.24, 2.45) is 0 Å². The summed E-state index contributed by atoms with van der Waals surface area (Å²) in [5.74, 6) is 0.431. The van der Waals surface area contributed by atoms with E-state index in [0.717, 1.165) is 18.6 Å². The molecule has 42 heavy (non-hydrogen) atoms. The SMILES string of the molecule is CO[C@@H]1[C@@H](n2cc(-c3cccc(F)c3)nn2)[C@@H](O)[C@@H](CO)O[C@@H]1Cc1cc(C2CCN(C(=O)OC(C)(C)C)CC2)on1. The van der Waals surface area contributed by atoms with E-state index in [1.54, 1.807) is 23.2 Å². The molecule has 0 spiro atoms. The van der Waals surface area contributed by atoms with E-state index < -0.39 is 48.5 Å². The van der Waals surface area contributed by atoms with Gasteiger partial charge in [0.05, 0.1) is 24.6 Å². The van der Waals surface area contributed by atoms with Gasteiger partial charge in [-0.05, 0) is 45.7 Å². The van der Waals surface area contributed by atoms with Crippen molar-refractivity contribution in [3.63, 3.8) is 0 Å². The molecule has 5 atom stereocenters. The van der Waals surface area contributed by atoms with Gasteiger partial charge in [0.25, 0.3) is 0 Å². The van der Waals surface area contributed by atoms with E-state index in [1.807, 2.05) is 26.8 Å². The topological polar surface area (TPSA) is 145 Å². The molecule has 0 unspecified atom stereocenters. The lowest BCUT2D eigenvalue weighted by Gasteiger charge is -2.43. The van der Waals surface area contributed by atoms with Crippen LogP contribution in [0.25, 0.3) is 11.3 Å². The number of nitrogens with zero attached hydrogens (tertiary/aromatic N) is 5. The van der Waals surface area contributed by atoms with Crippen LogP contribution in [0, 0.1) is 5.82 Å². The number of aliphatic hydroxyl groups excluding tert-OH is 2. The van der Waals surface area contributed by atoms with Crippen LogP contribution >= 0.6 is 0 Å². The minimum absolute atomic E-state index is 0.103. The predicted molar refractivity (Wildman–Crippen MR) is 147 cm³/mol. The highest BCUT2D eigenvalue weighted by Crippen LogP contribution is 2.35. The molecule has 12 nitrogen and oxygen atoms in total. The number of halogens is 1. The normalized spacial score (nSPS) is 25.5. The van der Waals surface area contributed by atoms with Crippen molar-refractivity contribution in [2.75, 3.05) is 26.8 Å². The van der Waals surface area contributed by atoms with E-state index in [0.29, 0.717) is 36.5 Å². The first kappa shape index (κ1) is 30.1. The number of hydrogen-bond donors (Lipinski definition) is 2. The lowest BCUT2D eigenvalue weighted by molar-refractivity contribution is -0.212. The Labute approximate surface area is 243 Å². The Bertz CT molecular complexity index is 1350. The van der Waals surface area contributed by atoms with Gasteiger partial charge >= 0.3 is 6.09 Å². The van der Waals surface area contributed by atoms with Gasteiger partial charge in [-0.25, -0.2) is 13.9 Å². The maximum absolute atomic E-state index is 13.8. The molecule has 1 amide bonds. The minimum atomic E-state index is -1.15. The molecule has 0 saturated carbocycles. The van der Waals surface area contributed by atoms with E-state index in [-0.39, 0.29) is 12.0 Å². The smallest absolute Gasteiger partial charge is 0.410 e. The van der Waals surface area contributed by atoms with E-state index >= 15 is 0 Å². The van der Waals surface area contributed by atoms with Crippen LogP contribution in [0.1, 0.15) is 57.0 Å². The fourth-order valence-corrected chi connectivity index (χ4v) is 5.63. The standard InChI is InChI=1S/C29H38FN5O7/c1-29(2,3)41-28(38)34-10-8-17(9-11-34)22-13-20(32-42-22)14-23-27(39-4)25(26(37)24(16-36)40-23)35-15-21(31-33-35)18-6-5-7-19(30)12-18/h5-7,12-13,15,17,23-27,36-37H,8-11,14,16H2,1-4H3/t23-,24-,25+,26+,27+/m1/s1. The average molecular weight is 588 g/mol. The van der Waals surface area contributed by atoms with Gasteiger partial charge in [0.15, 0.2) is 0 Å². The first-order valence-electron chi connectivity index (χ1n) is 14.1. The van der Waals surface area contributed by atoms with E-state index in [4.69, 9.17) is 18.7 Å². The van der Waals surface area contributed by atoms with Gasteiger partial charge < -0.3 is 33.8 Å². The van der Waals surface area contributed by atoms with Crippen LogP contribution in [0.5, 0.6) is 0 Å². The Morgan fingerprint density at radius 2 is 1.95 bits per heavy atom. The van der Waals surface area contributed by atoms with Gasteiger partial charge in [0.1, 0.15) is 47.2 Å². The molecule has 0 radical (unpaired) electrons. The molecule has 0 aliphatic carbocycles. The van der Waals surface area contributed by atoms with Crippen molar-refractivity contribution in [3.8, 4) is 11.3 Å². The first-order chi connectivity index (χ1) is 20.1. The second-order valence-electron chi connectivity index (χ2n) is 11.8. The fraction of sp³-hybridized carbons (Fsp3) is 0.586. The number of ether oxygens (including phenoxy) is 3. The highest BCUT2D eigenvalue weighted by Gasteiger charge is 2.47. The maximum atomic E-state index is 13.8. The van der Waals surface area contributed by atoms with Crippen LogP contribution in [0.3, 0.4) is 0 Å². The number of carbonyl (C=O) groups excluding carboxylic acids is 1. The highest BCUT2D eigenvalue weighted by atomic mass is 19.1. The number of hydrogen-bond acceptors (Lipinski definition) is 10. The van der Waals surface area contributed by atoms with Crippen molar-refractivity contribution in [1.29, 1.82) is 0 Å². The number of carbonyl (C=O) groups is 1. The lowest BCUT2D eigenvalue weighted by atomic mass is 9.90. The van der Waals surface area contributed by atoms with Gasteiger partial charge in [0.2, 0.25) is 0 Å². The third-order valence-corrected chi connectivity index (χ3v) is 7.71. The molecule has 2 aromatic heterocycles. The van der Waals surface area contributed by atoms with Crippen LogP contribution in [-0.2, 0) is 20.6 Å². The van der Waals surface area contributed by atoms with Crippen LogP contribution in [0.4, 0.5) is 9.18 Å². The summed E-state index contributed by atoms with van der Waals surface area (Å²) in [5.41, 5.74) is 1.06. The molecule has 228 valence electrons. The highest BCUT2D eigenvalue weighted by molar-refractivity contribution is 5.68. The molecular formula is C29H38FN5O7. The molecule has 1 aromatic carbocycles. The third kappa shape index (κ3) is 6.64. The molecule has 5 rings (SSSR count). The summed E-state index contributed by atoms with van der Waals surface area (Å²) in [6.07, 6.45) is -0.308. The third-order valence-electron chi connectivity index (χ3n) is 7.71. The zero-order valence-electron chi connectivity index (χ0n) is 24.2. The minimum Gasteiger partial charge on any atom is -0.444 e. The van der Waals surface area contributed by atoms with E-state index in [2.05, 4.69) is 15.5 Å². The lowest BCUT2D eigenvalue weighted by Crippen LogP contribution is -2.57. The van der Waals surface area contributed by atoms with Crippen molar-refractivity contribution < 1.29 is 38.1 Å². The molecule has 0 bridgehead atoms. The van der Waals surface area contributed by atoms with E-state index in [9.17, 15) is 19.4 Å². The number of amides is 1. The number of piperidine rings is 1. The van der Waals surface area contributed by atoms with Gasteiger partial charge in [-0.2, -0.15) is 0 Å². The number of rotatable bonds is 7. The van der Waals surface area contributed by atoms with Gasteiger partial charge in [-0.3, -0.25) is 0 Å². The molecule has 3 aromatic rings. The number of methoxy groups -OCH3 is 1. The summed E-state index contributed by atoms with van der Waals surface area (Å²) in [6.45, 7) is 6.23. The van der Waals surface area contributed by atoms with Crippen LogP contribution in [-0.4, -0.2) is 98.2 Å². The Hall–Kier alpha value is -3.39. The maximum Gasteiger partial charge on any atom is 0.410 e. The van der Waals surface area contributed by atoms with E-state index in [1.165, 1.54) is 23.9 Å². The second-order valence-corrected chi connectivity index (χ2v) is 11.8. The predicted octanol–water partition coefficient (Wildman–Crippen LogP) is 3.11. The zero-order valence-corrected chi connectivity index (χ0v) is 24.2. The molecular weight excluding hydrogens is 549 g/mol. The molecule has 2 aliphatic heterocycles. The molecule has 13 heteroatoms. The second kappa shape index (κ2) is 12.5. The number of aliphatic hydroxyl groups is 2. The Balaban J connectivity index is 1.28. The van der Waals surface area contributed by atoms with Crippen molar-refractivity contribution in [1.82, 2.24) is 25.1 Å². The van der Waals surface area contributed by atoms with Gasteiger partial charge in [0, 0.05) is 44.2 Å². The Morgan fingerprint density at radius 1 is 1.19 bits per heavy atom. The van der Waals surface area contributed by atoms with Crippen molar-refractivity contribution in [2.45, 2.75) is 82.0 Å². The zero-order chi connectivity index (χ0) is 30.0. The summed E-state index contributed by atoms with van der Waals surface area (Å²) in [6, 6.07) is 7.13. The average Bonchev–Trinajstić information content (AvgIpc) is 3.63. The molecule has 2 aliphatic rings.